The van der Waals surface area contributed by atoms with Crippen LogP contribution in [0, 0.1) is 0 Å². The number of rotatable bonds is 5. The molecule has 0 aliphatic carbocycles. The van der Waals surface area contributed by atoms with Gasteiger partial charge in [-0.15, -0.1) is 0 Å². The van der Waals surface area contributed by atoms with E-state index in [1.165, 1.54) is 35.2 Å². The third-order valence-corrected chi connectivity index (χ3v) is 5.45. The number of aromatic hydroxyl groups is 2. The molecule has 0 unspecified atom stereocenters. The van der Waals surface area contributed by atoms with Crippen LogP contribution in [0.2, 0.25) is 5.02 Å². The van der Waals surface area contributed by atoms with Crippen LogP contribution in [0.5, 0.6) is 11.5 Å². The third-order valence-electron chi connectivity index (χ3n) is 5.21. The lowest BCUT2D eigenvalue weighted by atomic mass is 10.1. The van der Waals surface area contributed by atoms with Crippen LogP contribution in [-0.4, -0.2) is 33.1 Å². The van der Waals surface area contributed by atoms with Gasteiger partial charge in [-0.2, -0.15) is 0 Å². The van der Waals surface area contributed by atoms with Crippen molar-refractivity contribution in [3.63, 3.8) is 0 Å². The SMILES string of the molecule is C/C(NNC(=O)c1ccc(O)c(O)c1)=C1/C(=O)N(c2cccc(C(=O)O)c2)c2cc(Cl)ccc21. The number of carboxylic acids is 1. The highest BCUT2D eigenvalue weighted by Gasteiger charge is 2.35. The molecule has 0 saturated heterocycles. The Morgan fingerprint density at radius 1 is 0.912 bits per heavy atom. The molecule has 0 spiro atoms. The minimum absolute atomic E-state index is 0.0190. The molecule has 172 valence electrons. The summed E-state index contributed by atoms with van der Waals surface area (Å²) in [5.74, 6) is -2.98. The Balaban J connectivity index is 1.68. The predicted octanol–water partition coefficient (Wildman–Crippen LogP) is 3.79. The van der Waals surface area contributed by atoms with Gasteiger partial charge in [0.2, 0.25) is 0 Å². The number of carboxylic acid groups (broad SMARTS) is 1. The van der Waals surface area contributed by atoms with E-state index in [1.807, 2.05) is 0 Å². The van der Waals surface area contributed by atoms with Gasteiger partial charge in [-0.25, -0.2) is 4.79 Å². The van der Waals surface area contributed by atoms with Crippen LogP contribution in [0.25, 0.3) is 5.57 Å². The zero-order valence-corrected chi connectivity index (χ0v) is 18.4. The minimum atomic E-state index is -1.13. The van der Waals surface area contributed by atoms with Gasteiger partial charge in [-0.1, -0.05) is 23.7 Å². The Bertz CT molecular complexity index is 1380. The zero-order chi connectivity index (χ0) is 24.6. The summed E-state index contributed by atoms with van der Waals surface area (Å²) in [4.78, 5) is 38.7. The molecule has 3 aromatic rings. The molecule has 0 bridgehead atoms. The number of halogens is 1. The molecule has 10 heteroatoms. The van der Waals surface area contributed by atoms with Crippen LogP contribution in [0.4, 0.5) is 11.4 Å². The first kappa shape index (κ1) is 22.7. The standard InChI is InChI=1S/C24H18ClN3O6/c1-12(26-27-22(31)13-5-8-19(29)20(30)10-13)21-17-7-6-15(25)11-18(17)28(23(21)32)16-4-2-3-14(9-16)24(33)34/h2-11,26,29-30H,1H3,(H,27,31)(H,33,34)/b21-12-. The summed E-state index contributed by atoms with van der Waals surface area (Å²) in [6.45, 7) is 1.59. The first-order valence-electron chi connectivity index (χ1n) is 9.94. The number of fused-ring (bicyclic) bond motifs is 1. The van der Waals surface area contributed by atoms with Crippen LogP contribution in [0.15, 0.2) is 66.4 Å². The Labute approximate surface area is 198 Å². The Hall–Kier alpha value is -4.50. The lowest BCUT2D eigenvalue weighted by Gasteiger charge is -2.18. The van der Waals surface area contributed by atoms with E-state index in [1.54, 1.807) is 31.2 Å². The molecule has 1 aliphatic heterocycles. The van der Waals surface area contributed by atoms with E-state index >= 15 is 0 Å². The summed E-state index contributed by atoms with van der Waals surface area (Å²) in [6.07, 6.45) is 0. The molecule has 4 rings (SSSR count). The van der Waals surface area contributed by atoms with Crippen molar-refractivity contribution in [3.8, 4) is 11.5 Å². The molecule has 0 fully saturated rings. The van der Waals surface area contributed by atoms with Crippen molar-refractivity contribution >= 4 is 46.3 Å². The molecule has 9 nitrogen and oxygen atoms in total. The first-order chi connectivity index (χ1) is 16.2. The van der Waals surface area contributed by atoms with Crippen molar-refractivity contribution in [1.82, 2.24) is 10.9 Å². The number of benzene rings is 3. The van der Waals surface area contributed by atoms with Crippen molar-refractivity contribution in [2.24, 2.45) is 0 Å². The smallest absolute Gasteiger partial charge is 0.335 e. The maximum Gasteiger partial charge on any atom is 0.335 e. The van der Waals surface area contributed by atoms with Gasteiger partial charge < -0.3 is 20.7 Å². The normalized spacial score (nSPS) is 13.9. The molecule has 0 atom stereocenters. The second-order valence-corrected chi connectivity index (χ2v) is 7.88. The number of nitrogens with zero attached hydrogens (tertiary/aromatic N) is 1. The van der Waals surface area contributed by atoms with Crippen molar-refractivity contribution in [2.75, 3.05) is 4.90 Å². The molecule has 0 radical (unpaired) electrons. The average Bonchev–Trinajstić information content (AvgIpc) is 3.09. The number of nitrogens with one attached hydrogen (secondary N) is 2. The number of hydrogen-bond acceptors (Lipinski definition) is 6. The van der Waals surface area contributed by atoms with E-state index in [2.05, 4.69) is 10.9 Å². The summed E-state index contributed by atoms with van der Waals surface area (Å²) in [5, 5.41) is 28.7. The Morgan fingerprint density at radius 3 is 2.38 bits per heavy atom. The number of phenols is 2. The predicted molar refractivity (Wildman–Crippen MR) is 125 cm³/mol. The third kappa shape index (κ3) is 4.12. The van der Waals surface area contributed by atoms with Crippen molar-refractivity contribution in [1.29, 1.82) is 0 Å². The largest absolute Gasteiger partial charge is 0.504 e. The fraction of sp³-hybridized carbons (Fsp3) is 0.0417. The molecule has 34 heavy (non-hydrogen) atoms. The highest BCUT2D eigenvalue weighted by Crippen LogP contribution is 2.43. The molecule has 0 aromatic heterocycles. The van der Waals surface area contributed by atoms with Crippen LogP contribution in [0.1, 0.15) is 33.2 Å². The molecule has 5 N–H and O–H groups in total. The van der Waals surface area contributed by atoms with E-state index in [0.29, 0.717) is 27.7 Å². The molecular weight excluding hydrogens is 462 g/mol. The number of carbonyl (C=O) groups excluding carboxylic acids is 2. The Kier molecular flexibility index (Phi) is 5.87. The monoisotopic (exact) mass is 479 g/mol. The average molecular weight is 480 g/mol. The maximum atomic E-state index is 13.5. The van der Waals surface area contributed by atoms with E-state index < -0.39 is 23.5 Å². The van der Waals surface area contributed by atoms with Crippen molar-refractivity contribution in [3.05, 3.63) is 88.1 Å². The number of anilines is 2. The summed E-state index contributed by atoms with van der Waals surface area (Å²) < 4.78 is 0. The van der Waals surface area contributed by atoms with Gasteiger partial charge in [0.05, 0.1) is 22.5 Å². The highest BCUT2D eigenvalue weighted by molar-refractivity contribution is 6.37. The van der Waals surface area contributed by atoms with Gasteiger partial charge in [0.1, 0.15) is 0 Å². The quantitative estimate of drug-likeness (QED) is 0.213. The summed E-state index contributed by atoms with van der Waals surface area (Å²) in [7, 11) is 0. The number of allylic oxidation sites excluding steroid dienone is 1. The number of carbonyl (C=O) groups is 3. The lowest BCUT2D eigenvalue weighted by Crippen LogP contribution is -2.37. The number of aromatic carboxylic acids is 1. The minimum Gasteiger partial charge on any atom is -0.504 e. The van der Waals surface area contributed by atoms with Gasteiger partial charge >= 0.3 is 5.97 Å². The van der Waals surface area contributed by atoms with Gasteiger partial charge in [0, 0.05) is 21.8 Å². The highest BCUT2D eigenvalue weighted by atomic mass is 35.5. The molecule has 3 aromatic carbocycles. The lowest BCUT2D eigenvalue weighted by molar-refractivity contribution is -0.112. The van der Waals surface area contributed by atoms with E-state index in [-0.39, 0.29) is 22.4 Å². The molecule has 0 saturated carbocycles. The molecule has 1 aliphatic rings. The van der Waals surface area contributed by atoms with Gasteiger partial charge in [0.25, 0.3) is 11.8 Å². The van der Waals surface area contributed by atoms with Gasteiger partial charge in [0.15, 0.2) is 11.5 Å². The number of hydrazine groups is 1. The van der Waals surface area contributed by atoms with Crippen LogP contribution >= 0.6 is 11.6 Å². The topological polar surface area (TPSA) is 139 Å². The fourth-order valence-corrected chi connectivity index (χ4v) is 3.75. The Morgan fingerprint density at radius 2 is 1.68 bits per heavy atom. The second kappa shape index (κ2) is 8.80. The van der Waals surface area contributed by atoms with Crippen LogP contribution in [0.3, 0.4) is 0 Å². The fourth-order valence-electron chi connectivity index (χ4n) is 3.58. The van der Waals surface area contributed by atoms with E-state index in [0.717, 1.165) is 6.07 Å². The van der Waals surface area contributed by atoms with Gasteiger partial charge in [-0.3, -0.25) is 19.9 Å². The zero-order valence-electron chi connectivity index (χ0n) is 17.7. The first-order valence-corrected chi connectivity index (χ1v) is 10.3. The van der Waals surface area contributed by atoms with Crippen molar-refractivity contribution in [2.45, 2.75) is 6.92 Å². The van der Waals surface area contributed by atoms with E-state index in [9.17, 15) is 29.7 Å². The molecular formula is C24H18ClN3O6. The summed E-state index contributed by atoms with van der Waals surface area (Å²) in [6, 6.07) is 14.4. The molecule has 2 amide bonds. The summed E-state index contributed by atoms with van der Waals surface area (Å²) in [5.41, 5.74) is 7.18. The maximum absolute atomic E-state index is 13.5. The van der Waals surface area contributed by atoms with E-state index in [4.69, 9.17) is 11.6 Å². The number of amides is 2. The second-order valence-electron chi connectivity index (χ2n) is 7.44. The number of hydrogen-bond donors (Lipinski definition) is 5. The van der Waals surface area contributed by atoms with Crippen molar-refractivity contribution < 1.29 is 29.7 Å². The van der Waals surface area contributed by atoms with Crippen LogP contribution in [-0.2, 0) is 4.79 Å². The van der Waals surface area contributed by atoms with Crippen LogP contribution < -0.4 is 15.8 Å². The summed E-state index contributed by atoms with van der Waals surface area (Å²) >= 11 is 6.17. The molecule has 1 heterocycles. The number of phenolic OH excluding ortho intramolecular Hbond substituents is 2. The van der Waals surface area contributed by atoms with Gasteiger partial charge in [-0.05, 0) is 55.5 Å².